The Bertz CT molecular complexity index is 567. The summed E-state index contributed by atoms with van der Waals surface area (Å²) in [5.41, 5.74) is 7.54. The van der Waals surface area contributed by atoms with Crippen molar-refractivity contribution in [1.82, 2.24) is 4.90 Å². The van der Waals surface area contributed by atoms with Crippen LogP contribution in [0.3, 0.4) is 0 Å². The molecule has 0 aliphatic carbocycles. The van der Waals surface area contributed by atoms with Gasteiger partial charge in [-0.2, -0.15) is 12.6 Å². The minimum atomic E-state index is -1.71. The number of thiol groups is 1. The van der Waals surface area contributed by atoms with Gasteiger partial charge in [0.2, 0.25) is 0 Å². The topological polar surface area (TPSA) is 78.3 Å². The highest BCUT2D eigenvalue weighted by Crippen LogP contribution is 2.32. The summed E-state index contributed by atoms with van der Waals surface area (Å²) < 4.78 is 19.7. The summed E-state index contributed by atoms with van der Waals surface area (Å²) in [5, 5.41) is 2.24. The number of rotatable bonds is 6. The molecule has 118 valence electrons. The van der Waals surface area contributed by atoms with E-state index >= 15 is 0 Å². The second kappa shape index (κ2) is 7.49. The van der Waals surface area contributed by atoms with Gasteiger partial charge in [0.15, 0.2) is 0 Å². The zero-order valence-corrected chi connectivity index (χ0v) is 12.8. The third kappa shape index (κ3) is 4.37. The van der Waals surface area contributed by atoms with Crippen LogP contribution in [-0.2, 0) is 16.1 Å². The highest BCUT2D eigenvalue weighted by atomic mass is 32.1. The lowest BCUT2D eigenvalue weighted by atomic mass is 10.1. The number of esters is 1. The van der Waals surface area contributed by atoms with E-state index in [4.69, 9.17) is 10.3 Å². The monoisotopic (exact) mass is 324 g/mol. The van der Waals surface area contributed by atoms with Crippen LogP contribution in [0.25, 0.3) is 10.4 Å². The molecule has 2 atom stereocenters. The molecule has 1 fully saturated rings. The number of carbonyl (C=O) groups excluding carboxylic acids is 1. The van der Waals surface area contributed by atoms with Crippen molar-refractivity contribution < 1.29 is 13.9 Å². The van der Waals surface area contributed by atoms with E-state index in [1.54, 1.807) is 4.90 Å². The standard InChI is InChI=1S/C14H17FN4O2S/c15-14(13(22)17-18-16)6-7-19(10-14)8-12(20)21-9-11-4-2-1-3-5-11/h1-5,13,22H,6-10H2. The first-order chi connectivity index (χ1) is 10.5. The van der Waals surface area contributed by atoms with Gasteiger partial charge in [-0.15, -0.1) is 0 Å². The van der Waals surface area contributed by atoms with Crippen LogP contribution >= 0.6 is 12.6 Å². The lowest BCUT2D eigenvalue weighted by Gasteiger charge is -2.23. The van der Waals surface area contributed by atoms with Crippen molar-refractivity contribution in [1.29, 1.82) is 0 Å². The van der Waals surface area contributed by atoms with Crippen molar-refractivity contribution in [3.8, 4) is 0 Å². The van der Waals surface area contributed by atoms with E-state index in [-0.39, 0.29) is 26.1 Å². The third-order valence-corrected chi connectivity index (χ3v) is 4.12. The maximum absolute atomic E-state index is 14.5. The molecule has 0 radical (unpaired) electrons. The van der Waals surface area contributed by atoms with Crippen molar-refractivity contribution in [2.45, 2.75) is 24.1 Å². The molecule has 1 aliphatic rings. The Hall–Kier alpha value is -1.76. The number of likely N-dealkylation sites (tertiary alicyclic amines) is 1. The number of ether oxygens (including phenoxy) is 1. The first-order valence-corrected chi connectivity index (χ1v) is 7.38. The number of benzene rings is 1. The van der Waals surface area contributed by atoms with Crippen molar-refractivity contribution in [2.24, 2.45) is 5.11 Å². The minimum Gasteiger partial charge on any atom is -0.460 e. The van der Waals surface area contributed by atoms with Crippen molar-refractivity contribution in [3.63, 3.8) is 0 Å². The number of hydrogen-bond acceptors (Lipinski definition) is 5. The van der Waals surface area contributed by atoms with Gasteiger partial charge in [0.25, 0.3) is 0 Å². The van der Waals surface area contributed by atoms with Gasteiger partial charge in [-0.25, -0.2) is 4.39 Å². The molecule has 0 N–H and O–H groups in total. The van der Waals surface area contributed by atoms with Crippen molar-refractivity contribution in [3.05, 3.63) is 46.3 Å². The fraction of sp³-hybridized carbons (Fsp3) is 0.500. The minimum absolute atomic E-state index is 0.000619. The molecular weight excluding hydrogens is 307 g/mol. The fourth-order valence-electron chi connectivity index (χ4n) is 2.34. The Morgan fingerprint density at radius 2 is 2.27 bits per heavy atom. The molecule has 1 aromatic rings. The fourth-order valence-corrected chi connectivity index (χ4v) is 2.60. The van der Waals surface area contributed by atoms with Crippen LogP contribution in [0.2, 0.25) is 0 Å². The van der Waals surface area contributed by atoms with E-state index in [0.717, 1.165) is 5.56 Å². The summed E-state index contributed by atoms with van der Waals surface area (Å²) in [4.78, 5) is 16.0. The number of carbonyl (C=O) groups is 1. The number of halogens is 1. The van der Waals surface area contributed by atoms with Gasteiger partial charge in [0.05, 0.1) is 6.54 Å². The predicted molar refractivity (Wildman–Crippen MR) is 83.1 cm³/mol. The summed E-state index contributed by atoms with van der Waals surface area (Å²) in [6.07, 6.45) is 0.173. The van der Waals surface area contributed by atoms with Crippen LogP contribution in [0.1, 0.15) is 12.0 Å². The van der Waals surface area contributed by atoms with E-state index in [1.807, 2.05) is 30.3 Å². The van der Waals surface area contributed by atoms with Gasteiger partial charge in [0, 0.05) is 18.0 Å². The zero-order chi connectivity index (χ0) is 16.0. The maximum atomic E-state index is 14.5. The van der Waals surface area contributed by atoms with Crippen LogP contribution in [0.5, 0.6) is 0 Å². The van der Waals surface area contributed by atoms with Gasteiger partial charge in [-0.05, 0) is 17.5 Å². The van der Waals surface area contributed by atoms with E-state index < -0.39 is 17.0 Å². The number of hydrogen-bond donors (Lipinski definition) is 1. The number of azide groups is 1. The van der Waals surface area contributed by atoms with E-state index in [2.05, 4.69) is 22.7 Å². The summed E-state index contributed by atoms with van der Waals surface area (Å²) in [6.45, 7) is 0.604. The van der Waals surface area contributed by atoms with Crippen LogP contribution in [-0.4, -0.2) is 41.5 Å². The average Bonchev–Trinajstić information content (AvgIpc) is 2.89. The maximum Gasteiger partial charge on any atom is 0.320 e. The molecule has 0 spiro atoms. The Morgan fingerprint density at radius 1 is 1.55 bits per heavy atom. The SMILES string of the molecule is [N-]=[N+]=NC(S)C1(F)CCN(CC(=O)OCc2ccccc2)C1. The third-order valence-electron chi connectivity index (χ3n) is 3.55. The summed E-state index contributed by atoms with van der Waals surface area (Å²) in [5.74, 6) is -0.410. The first-order valence-electron chi connectivity index (χ1n) is 6.86. The quantitative estimate of drug-likeness (QED) is 0.287. The predicted octanol–water partition coefficient (Wildman–Crippen LogP) is 2.71. The summed E-state index contributed by atoms with van der Waals surface area (Å²) in [6, 6.07) is 9.34. The highest BCUT2D eigenvalue weighted by Gasteiger charge is 2.43. The van der Waals surface area contributed by atoms with Crippen LogP contribution in [0.4, 0.5) is 4.39 Å². The molecule has 0 aromatic heterocycles. The normalized spacial score (nSPS) is 22.8. The van der Waals surface area contributed by atoms with Gasteiger partial charge in [-0.1, -0.05) is 35.4 Å². The molecule has 6 nitrogen and oxygen atoms in total. The largest absolute Gasteiger partial charge is 0.460 e. The molecule has 2 unspecified atom stereocenters. The van der Waals surface area contributed by atoms with Crippen LogP contribution in [0.15, 0.2) is 35.4 Å². The molecule has 1 aliphatic heterocycles. The molecular formula is C14H17FN4O2S. The Kier molecular flexibility index (Phi) is 5.65. The zero-order valence-electron chi connectivity index (χ0n) is 11.9. The first kappa shape index (κ1) is 16.6. The van der Waals surface area contributed by atoms with Gasteiger partial charge < -0.3 is 4.74 Å². The van der Waals surface area contributed by atoms with Crippen molar-refractivity contribution in [2.75, 3.05) is 19.6 Å². The van der Waals surface area contributed by atoms with Gasteiger partial charge in [-0.3, -0.25) is 9.69 Å². The number of alkyl halides is 1. The Balaban J connectivity index is 1.80. The molecule has 1 saturated heterocycles. The lowest BCUT2D eigenvalue weighted by Crippen LogP contribution is -2.38. The summed E-state index contributed by atoms with van der Waals surface area (Å²) in [7, 11) is 0. The van der Waals surface area contributed by atoms with Crippen molar-refractivity contribution >= 4 is 18.6 Å². The van der Waals surface area contributed by atoms with E-state index in [1.165, 1.54) is 0 Å². The Labute approximate surface area is 133 Å². The van der Waals surface area contributed by atoms with E-state index in [0.29, 0.717) is 6.54 Å². The van der Waals surface area contributed by atoms with Gasteiger partial charge in [0.1, 0.15) is 17.6 Å². The molecule has 0 saturated carbocycles. The lowest BCUT2D eigenvalue weighted by molar-refractivity contribution is -0.146. The number of nitrogens with zero attached hydrogens (tertiary/aromatic N) is 4. The molecule has 0 amide bonds. The van der Waals surface area contributed by atoms with E-state index in [9.17, 15) is 9.18 Å². The highest BCUT2D eigenvalue weighted by molar-refractivity contribution is 7.81. The molecule has 1 heterocycles. The van der Waals surface area contributed by atoms with Gasteiger partial charge >= 0.3 is 5.97 Å². The molecule has 2 rings (SSSR count). The second-order valence-corrected chi connectivity index (χ2v) is 5.71. The smallest absolute Gasteiger partial charge is 0.320 e. The molecule has 22 heavy (non-hydrogen) atoms. The summed E-state index contributed by atoms with van der Waals surface area (Å²) >= 11 is 3.97. The molecule has 1 aromatic carbocycles. The Morgan fingerprint density at radius 3 is 2.95 bits per heavy atom. The van der Waals surface area contributed by atoms with Crippen LogP contribution < -0.4 is 0 Å². The molecule has 8 heteroatoms. The second-order valence-electron chi connectivity index (χ2n) is 5.22. The van der Waals surface area contributed by atoms with Crippen LogP contribution in [0, 0.1) is 0 Å². The molecule has 0 bridgehead atoms. The average molecular weight is 324 g/mol.